The zero-order valence-electron chi connectivity index (χ0n) is 11.3. The molecule has 0 amide bonds. The highest BCUT2D eigenvalue weighted by Crippen LogP contribution is 2.17. The minimum Gasteiger partial charge on any atom is -0.490 e. The minimum absolute atomic E-state index is 0.0115. The molecule has 106 valence electrons. The Bertz CT molecular complexity index is 543. The van der Waals surface area contributed by atoms with E-state index in [2.05, 4.69) is 0 Å². The summed E-state index contributed by atoms with van der Waals surface area (Å²) in [7, 11) is 0. The number of rotatable bonds is 7. The Labute approximate surface area is 118 Å². The Morgan fingerprint density at radius 2 is 1.75 bits per heavy atom. The van der Waals surface area contributed by atoms with E-state index in [-0.39, 0.29) is 6.61 Å². The Balaban J connectivity index is 1.81. The molecule has 4 heteroatoms. The summed E-state index contributed by atoms with van der Waals surface area (Å²) < 4.78 is 11.2. The largest absolute Gasteiger partial charge is 0.490 e. The lowest BCUT2D eigenvalue weighted by Crippen LogP contribution is -2.11. The maximum absolute atomic E-state index is 9.05. The first kappa shape index (κ1) is 14.4. The lowest BCUT2D eigenvalue weighted by molar-refractivity contribution is 0.215. The fourth-order valence-electron chi connectivity index (χ4n) is 1.86. The summed E-state index contributed by atoms with van der Waals surface area (Å²) in [6.45, 7) is 1.35. The van der Waals surface area contributed by atoms with Gasteiger partial charge in [0.2, 0.25) is 0 Å². The molecule has 0 unspecified atom stereocenters. The van der Waals surface area contributed by atoms with Crippen LogP contribution >= 0.6 is 0 Å². The van der Waals surface area contributed by atoms with Gasteiger partial charge in [-0.15, -0.1) is 0 Å². The van der Waals surface area contributed by atoms with Crippen LogP contribution in [0.4, 0.5) is 0 Å². The van der Waals surface area contributed by atoms with E-state index in [0.29, 0.717) is 19.8 Å². The van der Waals surface area contributed by atoms with Crippen LogP contribution in [0.1, 0.15) is 11.1 Å². The molecule has 0 radical (unpaired) electrons. The Morgan fingerprint density at radius 1 is 0.950 bits per heavy atom. The lowest BCUT2D eigenvalue weighted by Gasteiger charge is -2.11. The zero-order valence-corrected chi connectivity index (χ0v) is 11.3. The van der Waals surface area contributed by atoms with Crippen molar-refractivity contribution in [3.63, 3.8) is 0 Å². The van der Waals surface area contributed by atoms with Crippen LogP contribution in [0.5, 0.6) is 11.5 Å². The summed E-state index contributed by atoms with van der Waals surface area (Å²) in [5, 5.41) is 9.05. The molecule has 0 aromatic heterocycles. The van der Waals surface area contributed by atoms with Crippen LogP contribution in [0.3, 0.4) is 0 Å². The van der Waals surface area contributed by atoms with Crippen LogP contribution in [0.25, 0.3) is 0 Å². The first-order valence-corrected chi connectivity index (χ1v) is 6.57. The van der Waals surface area contributed by atoms with Gasteiger partial charge in [0.25, 0.3) is 0 Å². The van der Waals surface area contributed by atoms with Crippen molar-refractivity contribution < 1.29 is 14.6 Å². The molecule has 0 bridgehead atoms. The highest BCUT2D eigenvalue weighted by atomic mass is 16.5. The molecule has 0 spiro atoms. The van der Waals surface area contributed by atoms with Crippen molar-refractivity contribution in [2.75, 3.05) is 13.2 Å². The second-order valence-corrected chi connectivity index (χ2v) is 4.31. The molecule has 2 aromatic rings. The molecule has 0 aliphatic heterocycles. The van der Waals surface area contributed by atoms with E-state index in [1.807, 2.05) is 48.5 Å². The highest BCUT2D eigenvalue weighted by Gasteiger charge is 2.01. The van der Waals surface area contributed by atoms with Crippen LogP contribution in [0.15, 0.2) is 48.5 Å². The molecule has 3 N–H and O–H groups in total. The number of benzene rings is 2. The summed E-state index contributed by atoms with van der Waals surface area (Å²) in [5.74, 6) is 1.52. The average Bonchev–Trinajstić information content (AvgIpc) is 2.52. The van der Waals surface area contributed by atoms with Gasteiger partial charge in [0.1, 0.15) is 24.7 Å². The van der Waals surface area contributed by atoms with Crippen molar-refractivity contribution >= 4 is 0 Å². The Kier molecular flexibility index (Phi) is 5.41. The number of aliphatic hydroxyl groups is 1. The second kappa shape index (κ2) is 7.53. The topological polar surface area (TPSA) is 64.7 Å². The van der Waals surface area contributed by atoms with Crippen molar-refractivity contribution in [2.24, 2.45) is 5.73 Å². The maximum Gasteiger partial charge on any atom is 0.123 e. The van der Waals surface area contributed by atoms with E-state index in [4.69, 9.17) is 20.3 Å². The molecule has 2 aromatic carbocycles. The highest BCUT2D eigenvalue weighted by molar-refractivity contribution is 5.33. The number of para-hydroxylation sites is 1. The molecule has 4 nitrogen and oxygen atoms in total. The van der Waals surface area contributed by atoms with E-state index in [1.54, 1.807) is 0 Å². The summed E-state index contributed by atoms with van der Waals surface area (Å²) in [6.07, 6.45) is 0. The van der Waals surface area contributed by atoms with Crippen LogP contribution < -0.4 is 15.2 Å². The summed E-state index contributed by atoms with van der Waals surface area (Å²) >= 11 is 0. The molecule has 0 aliphatic rings. The normalized spacial score (nSPS) is 10.3. The van der Waals surface area contributed by atoms with Crippen molar-refractivity contribution in [1.82, 2.24) is 0 Å². The number of nitrogens with two attached hydrogens (primary N) is 1. The smallest absolute Gasteiger partial charge is 0.123 e. The van der Waals surface area contributed by atoms with Gasteiger partial charge in [0.15, 0.2) is 0 Å². The van der Waals surface area contributed by atoms with Gasteiger partial charge in [0.05, 0.1) is 6.61 Å². The molecular weight excluding hydrogens is 254 g/mol. The van der Waals surface area contributed by atoms with Crippen LogP contribution in [0, 0.1) is 0 Å². The maximum atomic E-state index is 9.05. The van der Waals surface area contributed by atoms with Gasteiger partial charge in [-0.1, -0.05) is 30.3 Å². The van der Waals surface area contributed by atoms with Gasteiger partial charge in [0, 0.05) is 12.1 Å². The van der Waals surface area contributed by atoms with E-state index in [1.165, 1.54) is 0 Å². The molecule has 0 fully saturated rings. The second-order valence-electron chi connectivity index (χ2n) is 4.31. The third kappa shape index (κ3) is 3.98. The standard InChI is InChI=1S/C16H19NO3/c17-11-14-5-1-2-7-16(14)20-9-8-19-15-6-3-4-13(10-15)12-18/h1-7,10,18H,8-9,11-12,17H2. The van der Waals surface area contributed by atoms with E-state index < -0.39 is 0 Å². The molecule has 0 aliphatic carbocycles. The van der Waals surface area contributed by atoms with Crippen molar-refractivity contribution in [1.29, 1.82) is 0 Å². The Morgan fingerprint density at radius 3 is 2.55 bits per heavy atom. The molecule has 0 saturated heterocycles. The first-order valence-electron chi connectivity index (χ1n) is 6.57. The van der Waals surface area contributed by atoms with E-state index in [0.717, 1.165) is 22.6 Å². The lowest BCUT2D eigenvalue weighted by atomic mass is 10.2. The monoisotopic (exact) mass is 273 g/mol. The average molecular weight is 273 g/mol. The first-order chi connectivity index (χ1) is 9.83. The molecule has 0 atom stereocenters. The molecule has 0 saturated carbocycles. The number of aliphatic hydroxyl groups excluding tert-OH is 1. The van der Waals surface area contributed by atoms with Crippen LogP contribution in [0.2, 0.25) is 0 Å². The molecule has 20 heavy (non-hydrogen) atoms. The van der Waals surface area contributed by atoms with Gasteiger partial charge in [-0.3, -0.25) is 0 Å². The number of hydrogen-bond acceptors (Lipinski definition) is 4. The third-order valence-electron chi connectivity index (χ3n) is 2.88. The van der Waals surface area contributed by atoms with E-state index >= 15 is 0 Å². The van der Waals surface area contributed by atoms with Crippen molar-refractivity contribution in [2.45, 2.75) is 13.2 Å². The third-order valence-corrected chi connectivity index (χ3v) is 2.88. The summed E-state index contributed by atoms with van der Waals surface area (Å²) in [4.78, 5) is 0. The summed E-state index contributed by atoms with van der Waals surface area (Å²) in [6, 6.07) is 15.1. The minimum atomic E-state index is 0.0115. The van der Waals surface area contributed by atoms with Gasteiger partial charge in [-0.2, -0.15) is 0 Å². The number of hydrogen-bond donors (Lipinski definition) is 2. The quantitative estimate of drug-likeness (QED) is 0.758. The van der Waals surface area contributed by atoms with Crippen LogP contribution in [-0.2, 0) is 13.2 Å². The van der Waals surface area contributed by atoms with Crippen LogP contribution in [-0.4, -0.2) is 18.3 Å². The predicted molar refractivity (Wildman–Crippen MR) is 77.7 cm³/mol. The fourth-order valence-corrected chi connectivity index (χ4v) is 1.86. The van der Waals surface area contributed by atoms with Gasteiger partial charge < -0.3 is 20.3 Å². The zero-order chi connectivity index (χ0) is 14.2. The van der Waals surface area contributed by atoms with Gasteiger partial charge in [-0.05, 0) is 23.8 Å². The van der Waals surface area contributed by atoms with E-state index in [9.17, 15) is 0 Å². The SMILES string of the molecule is NCc1ccccc1OCCOc1cccc(CO)c1. The van der Waals surface area contributed by atoms with Crippen molar-refractivity contribution in [3.8, 4) is 11.5 Å². The molecule has 0 heterocycles. The van der Waals surface area contributed by atoms with Gasteiger partial charge >= 0.3 is 0 Å². The molecule has 2 rings (SSSR count). The fraction of sp³-hybridized carbons (Fsp3) is 0.250. The molecular formula is C16H19NO3. The predicted octanol–water partition coefficient (Wildman–Crippen LogP) is 2.10. The van der Waals surface area contributed by atoms with Gasteiger partial charge in [-0.25, -0.2) is 0 Å². The number of ether oxygens (including phenoxy) is 2. The van der Waals surface area contributed by atoms with Crippen molar-refractivity contribution in [3.05, 3.63) is 59.7 Å². The Hall–Kier alpha value is -2.04. The summed E-state index contributed by atoms with van der Waals surface area (Å²) in [5.41, 5.74) is 7.45.